The van der Waals surface area contributed by atoms with Crippen LogP contribution >= 0.6 is 0 Å². The van der Waals surface area contributed by atoms with Crippen molar-refractivity contribution in [2.45, 2.75) is 6.17 Å². The molecule has 0 saturated heterocycles. The molecular weight excluding hydrogens is 125 g/mol. The summed E-state index contributed by atoms with van der Waals surface area (Å²) in [5, 5.41) is 2.03. The first-order valence-electron chi connectivity index (χ1n) is 2.39. The van der Waals surface area contributed by atoms with Gasteiger partial charge in [0.05, 0.1) is 0 Å². The maximum Gasteiger partial charge on any atom is 0.351 e. The van der Waals surface area contributed by atoms with Crippen LogP contribution in [0.25, 0.3) is 0 Å². The SMILES string of the molecule is NC1C=CNC(=O)N1F. The highest BCUT2D eigenvalue weighted by Crippen LogP contribution is 2.00. The number of nitrogens with one attached hydrogen (secondary N) is 1. The van der Waals surface area contributed by atoms with Gasteiger partial charge in [0.1, 0.15) is 6.17 Å². The number of carbonyl (C=O) groups excluding carboxylic acids is 1. The van der Waals surface area contributed by atoms with Crippen LogP contribution in [0, 0.1) is 0 Å². The Labute approximate surface area is 51.1 Å². The highest BCUT2D eigenvalue weighted by Gasteiger charge is 2.20. The molecule has 0 aromatic carbocycles. The summed E-state index contributed by atoms with van der Waals surface area (Å²) in [7, 11) is 0. The molecule has 1 aliphatic rings. The standard InChI is InChI=1S/C4H6FN3O/c5-8-3(6)1-2-7-4(8)9/h1-3H,6H2,(H,7,9). The van der Waals surface area contributed by atoms with Gasteiger partial charge in [-0.15, -0.1) is 5.12 Å². The zero-order chi connectivity index (χ0) is 6.85. The topological polar surface area (TPSA) is 58.4 Å². The summed E-state index contributed by atoms with van der Waals surface area (Å²) in [6.45, 7) is 0. The first-order valence-corrected chi connectivity index (χ1v) is 2.39. The number of nitrogens with two attached hydrogens (primary N) is 1. The van der Waals surface area contributed by atoms with Crippen LogP contribution in [-0.4, -0.2) is 17.3 Å². The molecule has 3 N–H and O–H groups in total. The van der Waals surface area contributed by atoms with Gasteiger partial charge in [0.15, 0.2) is 0 Å². The van der Waals surface area contributed by atoms with Gasteiger partial charge >= 0.3 is 6.03 Å². The molecular formula is C4H6FN3O. The van der Waals surface area contributed by atoms with Crippen LogP contribution in [0.15, 0.2) is 12.3 Å². The molecule has 5 heteroatoms. The Morgan fingerprint density at radius 1 is 1.89 bits per heavy atom. The molecule has 1 heterocycles. The number of nitrogens with zero attached hydrogens (tertiary/aromatic N) is 1. The number of halogens is 1. The van der Waals surface area contributed by atoms with Crippen molar-refractivity contribution in [2.75, 3.05) is 0 Å². The van der Waals surface area contributed by atoms with Gasteiger partial charge in [-0.3, -0.25) is 0 Å². The Bertz CT molecular complexity index is 158. The van der Waals surface area contributed by atoms with Crippen molar-refractivity contribution >= 4 is 6.03 Å². The van der Waals surface area contributed by atoms with Gasteiger partial charge in [0, 0.05) is 6.20 Å². The summed E-state index contributed by atoms with van der Waals surface area (Å²) in [4.78, 5) is 10.3. The monoisotopic (exact) mass is 131 g/mol. The van der Waals surface area contributed by atoms with E-state index in [1.165, 1.54) is 12.3 Å². The predicted molar refractivity (Wildman–Crippen MR) is 28.6 cm³/mol. The van der Waals surface area contributed by atoms with Gasteiger partial charge < -0.3 is 11.1 Å². The molecule has 1 unspecified atom stereocenters. The molecule has 9 heavy (non-hydrogen) atoms. The average molecular weight is 131 g/mol. The smallest absolute Gasteiger partial charge is 0.313 e. The van der Waals surface area contributed by atoms with Crippen LogP contribution in [0.3, 0.4) is 0 Å². The van der Waals surface area contributed by atoms with Gasteiger partial charge in [-0.1, -0.05) is 4.48 Å². The average Bonchev–Trinajstić information content (AvgIpc) is 1.83. The van der Waals surface area contributed by atoms with E-state index in [2.05, 4.69) is 5.32 Å². The third-order valence-electron chi connectivity index (χ3n) is 0.956. The predicted octanol–water partition coefficient (Wildman–Crippen LogP) is -0.305. The van der Waals surface area contributed by atoms with Gasteiger partial charge in [0.2, 0.25) is 0 Å². The van der Waals surface area contributed by atoms with E-state index in [-0.39, 0.29) is 5.12 Å². The van der Waals surface area contributed by atoms with E-state index in [1.807, 2.05) is 0 Å². The molecule has 0 aromatic heterocycles. The third kappa shape index (κ3) is 0.996. The highest BCUT2D eigenvalue weighted by molar-refractivity contribution is 5.75. The number of carbonyl (C=O) groups is 1. The number of hydrogen-bond acceptors (Lipinski definition) is 2. The van der Waals surface area contributed by atoms with Crippen molar-refractivity contribution in [3.8, 4) is 0 Å². The summed E-state index contributed by atoms with van der Waals surface area (Å²) in [6.07, 6.45) is 1.70. The van der Waals surface area contributed by atoms with Crippen LogP contribution < -0.4 is 11.1 Å². The third-order valence-corrected chi connectivity index (χ3v) is 0.956. The van der Waals surface area contributed by atoms with Crippen LogP contribution in [0.2, 0.25) is 0 Å². The Morgan fingerprint density at radius 2 is 2.56 bits per heavy atom. The number of hydrogen-bond donors (Lipinski definition) is 2. The zero-order valence-corrected chi connectivity index (χ0v) is 4.54. The van der Waals surface area contributed by atoms with Crippen molar-refractivity contribution in [1.29, 1.82) is 0 Å². The zero-order valence-electron chi connectivity index (χ0n) is 4.54. The maximum atomic E-state index is 12.2. The molecule has 50 valence electrons. The van der Waals surface area contributed by atoms with Crippen LogP contribution in [0.4, 0.5) is 9.28 Å². The summed E-state index contributed by atoms with van der Waals surface area (Å²) in [5.74, 6) is 0. The number of rotatable bonds is 0. The van der Waals surface area contributed by atoms with Gasteiger partial charge in [-0.25, -0.2) is 4.79 Å². The quantitative estimate of drug-likeness (QED) is 0.443. The lowest BCUT2D eigenvalue weighted by Gasteiger charge is -2.19. The molecule has 4 nitrogen and oxygen atoms in total. The lowest BCUT2D eigenvalue weighted by Crippen LogP contribution is -2.46. The fourth-order valence-corrected chi connectivity index (χ4v) is 0.491. The Morgan fingerprint density at radius 3 is 3.00 bits per heavy atom. The lowest BCUT2D eigenvalue weighted by molar-refractivity contribution is 0.0409. The Kier molecular flexibility index (Phi) is 1.35. The van der Waals surface area contributed by atoms with Crippen LogP contribution in [0.5, 0.6) is 0 Å². The van der Waals surface area contributed by atoms with Crippen LogP contribution in [0.1, 0.15) is 0 Å². The van der Waals surface area contributed by atoms with Crippen molar-refractivity contribution in [2.24, 2.45) is 5.73 Å². The molecule has 0 saturated carbocycles. The molecule has 0 aromatic rings. The Hall–Kier alpha value is -1.10. The van der Waals surface area contributed by atoms with Crippen molar-refractivity contribution in [3.05, 3.63) is 12.3 Å². The molecule has 0 fully saturated rings. The molecule has 1 atom stereocenters. The van der Waals surface area contributed by atoms with Crippen molar-refractivity contribution in [3.63, 3.8) is 0 Å². The summed E-state index contributed by atoms with van der Waals surface area (Å²) < 4.78 is 12.2. The first kappa shape index (κ1) is 6.03. The second kappa shape index (κ2) is 2.02. The van der Waals surface area contributed by atoms with E-state index in [1.54, 1.807) is 0 Å². The second-order valence-electron chi connectivity index (χ2n) is 1.61. The van der Waals surface area contributed by atoms with Crippen molar-refractivity contribution < 1.29 is 9.28 Å². The fourth-order valence-electron chi connectivity index (χ4n) is 0.491. The van der Waals surface area contributed by atoms with E-state index >= 15 is 0 Å². The van der Waals surface area contributed by atoms with E-state index < -0.39 is 12.2 Å². The Balaban J connectivity index is 2.69. The minimum absolute atomic E-state index is 0.0833. The molecule has 0 bridgehead atoms. The van der Waals surface area contributed by atoms with Crippen LogP contribution in [-0.2, 0) is 0 Å². The van der Waals surface area contributed by atoms with Gasteiger partial charge in [-0.05, 0) is 6.08 Å². The minimum atomic E-state index is -0.946. The van der Waals surface area contributed by atoms with E-state index in [0.717, 1.165) is 0 Å². The largest absolute Gasteiger partial charge is 0.351 e. The van der Waals surface area contributed by atoms with E-state index in [0.29, 0.717) is 0 Å². The minimum Gasteiger partial charge on any atom is -0.313 e. The number of amides is 2. The first-order chi connectivity index (χ1) is 4.22. The number of urea groups is 1. The summed E-state index contributed by atoms with van der Waals surface area (Å²) in [6, 6.07) is -0.829. The van der Waals surface area contributed by atoms with Crippen molar-refractivity contribution in [1.82, 2.24) is 10.4 Å². The lowest BCUT2D eigenvalue weighted by atomic mass is 10.4. The van der Waals surface area contributed by atoms with E-state index in [9.17, 15) is 9.28 Å². The molecule has 1 rings (SSSR count). The molecule has 0 radical (unpaired) electrons. The molecule has 0 spiro atoms. The van der Waals surface area contributed by atoms with Gasteiger partial charge in [0.25, 0.3) is 0 Å². The molecule has 0 aliphatic carbocycles. The normalized spacial score (nSPS) is 26.2. The fraction of sp³-hybridized carbons (Fsp3) is 0.250. The maximum absolute atomic E-state index is 12.2. The second-order valence-corrected chi connectivity index (χ2v) is 1.61. The highest BCUT2D eigenvalue weighted by atomic mass is 19.2. The molecule has 1 aliphatic heterocycles. The summed E-state index contributed by atoms with van der Waals surface area (Å²) in [5.41, 5.74) is 5.07. The van der Waals surface area contributed by atoms with Gasteiger partial charge in [-0.2, -0.15) is 0 Å². The molecule has 2 amide bonds. The summed E-state index contributed by atoms with van der Waals surface area (Å²) >= 11 is 0. The van der Waals surface area contributed by atoms with E-state index in [4.69, 9.17) is 5.73 Å².